The lowest BCUT2D eigenvalue weighted by molar-refractivity contribution is -0.139. The van der Waals surface area contributed by atoms with Crippen molar-refractivity contribution in [2.24, 2.45) is 11.7 Å². The van der Waals surface area contributed by atoms with Crippen LogP contribution in [-0.2, 0) is 19.2 Å². The van der Waals surface area contributed by atoms with Crippen LogP contribution < -0.4 is 16.4 Å². The average Bonchev–Trinajstić information content (AvgIpc) is 3.47. The van der Waals surface area contributed by atoms with Gasteiger partial charge in [0.05, 0.1) is 12.6 Å². The second-order valence-corrected chi connectivity index (χ2v) is 6.98. The van der Waals surface area contributed by atoms with Crippen LogP contribution in [0.25, 0.3) is 0 Å². The van der Waals surface area contributed by atoms with Crippen molar-refractivity contribution < 1.29 is 19.2 Å². The Morgan fingerprint density at radius 3 is 2.33 bits per heavy atom. The maximum Gasteiger partial charge on any atom is 0.289 e. The van der Waals surface area contributed by atoms with E-state index in [0.29, 0.717) is 17.9 Å². The summed E-state index contributed by atoms with van der Waals surface area (Å²) in [5, 5.41) is 4.87. The van der Waals surface area contributed by atoms with Crippen molar-refractivity contribution in [2.45, 2.75) is 31.3 Å². The molecule has 1 saturated carbocycles. The van der Waals surface area contributed by atoms with Crippen LogP contribution >= 0.6 is 0 Å². The van der Waals surface area contributed by atoms with Crippen LogP contribution in [0.2, 0.25) is 0 Å². The number of nitrogens with two attached hydrogens (primary N) is 1. The number of rotatable bonds is 9. The number of nitrogens with zero attached hydrogens (tertiary/aromatic N) is 1. The standard InChI is InChI=1S/C19H26N4O4/c1-23(2)19(27)16(13-6-4-3-5-7-13)22-15(24)11-21-18(26)17(25)14(20)10-12-8-9-12/h3-7,12,14,16H,8-11,20H2,1-2H3,(H,21,26)(H,22,24)/t14?,16-/m0/s1. The minimum Gasteiger partial charge on any atom is -0.347 e. The average molecular weight is 374 g/mol. The van der Waals surface area contributed by atoms with Gasteiger partial charge < -0.3 is 21.3 Å². The van der Waals surface area contributed by atoms with E-state index in [2.05, 4.69) is 10.6 Å². The first-order valence-electron chi connectivity index (χ1n) is 8.92. The highest BCUT2D eigenvalue weighted by atomic mass is 16.2. The molecule has 146 valence electrons. The van der Waals surface area contributed by atoms with E-state index in [1.54, 1.807) is 44.4 Å². The fraction of sp³-hybridized carbons (Fsp3) is 0.474. The molecule has 1 unspecified atom stereocenters. The lowest BCUT2D eigenvalue weighted by Gasteiger charge is -2.22. The number of nitrogens with one attached hydrogen (secondary N) is 2. The number of Topliss-reactive ketones (excluding diaryl/α,β-unsaturated/α-hetero) is 1. The van der Waals surface area contributed by atoms with Crippen molar-refractivity contribution in [2.75, 3.05) is 20.6 Å². The van der Waals surface area contributed by atoms with Crippen LogP contribution in [0.1, 0.15) is 30.9 Å². The summed E-state index contributed by atoms with van der Waals surface area (Å²) in [5.41, 5.74) is 6.36. The van der Waals surface area contributed by atoms with Crippen molar-refractivity contribution in [1.29, 1.82) is 0 Å². The van der Waals surface area contributed by atoms with E-state index in [-0.39, 0.29) is 5.91 Å². The van der Waals surface area contributed by atoms with E-state index in [1.807, 2.05) is 0 Å². The third-order valence-corrected chi connectivity index (χ3v) is 4.38. The lowest BCUT2D eigenvalue weighted by Crippen LogP contribution is -2.47. The molecule has 4 N–H and O–H groups in total. The largest absolute Gasteiger partial charge is 0.347 e. The summed E-state index contributed by atoms with van der Waals surface area (Å²) in [7, 11) is 3.18. The van der Waals surface area contributed by atoms with E-state index >= 15 is 0 Å². The molecule has 0 heterocycles. The van der Waals surface area contributed by atoms with Crippen molar-refractivity contribution in [1.82, 2.24) is 15.5 Å². The molecule has 1 fully saturated rings. The molecular weight excluding hydrogens is 348 g/mol. The van der Waals surface area contributed by atoms with Gasteiger partial charge in [-0.2, -0.15) is 0 Å². The van der Waals surface area contributed by atoms with Crippen LogP contribution in [0, 0.1) is 5.92 Å². The van der Waals surface area contributed by atoms with Gasteiger partial charge in [-0.1, -0.05) is 43.2 Å². The smallest absolute Gasteiger partial charge is 0.289 e. The van der Waals surface area contributed by atoms with Crippen molar-refractivity contribution >= 4 is 23.5 Å². The molecule has 8 heteroatoms. The normalized spacial score (nSPS) is 15.4. The van der Waals surface area contributed by atoms with E-state index in [9.17, 15) is 19.2 Å². The maximum atomic E-state index is 12.4. The fourth-order valence-electron chi connectivity index (χ4n) is 2.64. The number of ketones is 1. The second-order valence-electron chi connectivity index (χ2n) is 6.98. The summed E-state index contributed by atoms with van der Waals surface area (Å²) in [6.07, 6.45) is 2.56. The number of likely N-dealkylation sites (N-methyl/N-ethyl adjacent to an activating group) is 1. The first-order chi connectivity index (χ1) is 12.8. The maximum absolute atomic E-state index is 12.4. The Hall–Kier alpha value is -2.74. The Kier molecular flexibility index (Phi) is 7.06. The highest BCUT2D eigenvalue weighted by Crippen LogP contribution is 2.33. The zero-order valence-corrected chi connectivity index (χ0v) is 15.6. The summed E-state index contributed by atoms with van der Waals surface area (Å²) in [5.74, 6) is -2.06. The highest BCUT2D eigenvalue weighted by Gasteiger charge is 2.30. The first kappa shape index (κ1) is 20.6. The Morgan fingerprint density at radius 1 is 1.15 bits per heavy atom. The van der Waals surface area contributed by atoms with Crippen LogP contribution in [0.5, 0.6) is 0 Å². The summed E-state index contributed by atoms with van der Waals surface area (Å²) in [6.45, 7) is -0.412. The zero-order chi connectivity index (χ0) is 20.0. The van der Waals surface area contributed by atoms with Crippen LogP contribution in [0.15, 0.2) is 30.3 Å². The molecule has 0 saturated heterocycles. The molecule has 1 aliphatic carbocycles. The summed E-state index contributed by atoms with van der Waals surface area (Å²) >= 11 is 0. The number of carbonyl (C=O) groups is 4. The number of hydrogen-bond acceptors (Lipinski definition) is 5. The summed E-state index contributed by atoms with van der Waals surface area (Å²) in [4.78, 5) is 49.8. The van der Waals surface area contributed by atoms with E-state index in [1.165, 1.54) is 4.90 Å². The molecule has 0 aromatic heterocycles. The number of benzene rings is 1. The van der Waals surface area contributed by atoms with Crippen molar-refractivity contribution in [3.63, 3.8) is 0 Å². The van der Waals surface area contributed by atoms with Gasteiger partial charge in [0.15, 0.2) is 0 Å². The quantitative estimate of drug-likeness (QED) is 0.514. The molecule has 0 spiro atoms. The molecule has 2 rings (SSSR count). The molecule has 8 nitrogen and oxygen atoms in total. The van der Waals surface area contributed by atoms with E-state index in [4.69, 9.17) is 5.73 Å². The SMILES string of the molecule is CN(C)C(=O)[C@@H](NC(=O)CNC(=O)C(=O)C(N)CC1CC1)c1ccccc1. The van der Waals surface area contributed by atoms with E-state index in [0.717, 1.165) is 12.8 Å². The molecule has 1 aromatic carbocycles. The highest BCUT2D eigenvalue weighted by molar-refractivity contribution is 6.38. The Bertz CT molecular complexity index is 701. The van der Waals surface area contributed by atoms with Crippen LogP contribution in [-0.4, -0.2) is 55.1 Å². The predicted octanol–water partition coefficient (Wildman–Crippen LogP) is -0.255. The molecule has 0 radical (unpaired) electrons. The molecule has 27 heavy (non-hydrogen) atoms. The number of amides is 3. The van der Waals surface area contributed by atoms with Gasteiger partial charge in [-0.3, -0.25) is 19.2 Å². The Labute approximate surface area is 158 Å². The molecule has 3 amide bonds. The predicted molar refractivity (Wildman–Crippen MR) is 99.4 cm³/mol. The van der Waals surface area contributed by atoms with Gasteiger partial charge >= 0.3 is 0 Å². The molecule has 1 aromatic rings. The van der Waals surface area contributed by atoms with Gasteiger partial charge in [0.25, 0.3) is 5.91 Å². The third-order valence-electron chi connectivity index (χ3n) is 4.38. The van der Waals surface area contributed by atoms with Crippen LogP contribution in [0.3, 0.4) is 0 Å². The van der Waals surface area contributed by atoms with Gasteiger partial charge in [-0.05, 0) is 17.9 Å². The molecule has 2 atom stereocenters. The zero-order valence-electron chi connectivity index (χ0n) is 15.6. The number of carbonyl (C=O) groups excluding carboxylic acids is 4. The van der Waals surface area contributed by atoms with Crippen molar-refractivity contribution in [3.05, 3.63) is 35.9 Å². The second kappa shape index (κ2) is 9.27. The van der Waals surface area contributed by atoms with Gasteiger partial charge in [0.2, 0.25) is 17.6 Å². The topological polar surface area (TPSA) is 122 Å². The minimum atomic E-state index is -0.881. The van der Waals surface area contributed by atoms with Crippen molar-refractivity contribution in [3.8, 4) is 0 Å². The summed E-state index contributed by atoms with van der Waals surface area (Å²) in [6, 6.07) is 7.07. The molecular formula is C19H26N4O4. The fourth-order valence-corrected chi connectivity index (χ4v) is 2.64. The number of hydrogen-bond donors (Lipinski definition) is 3. The van der Waals surface area contributed by atoms with Gasteiger partial charge in [0, 0.05) is 14.1 Å². The monoisotopic (exact) mass is 374 g/mol. The van der Waals surface area contributed by atoms with Gasteiger partial charge in [0.1, 0.15) is 6.04 Å². The molecule has 0 bridgehead atoms. The van der Waals surface area contributed by atoms with Gasteiger partial charge in [-0.15, -0.1) is 0 Å². The third kappa shape index (κ3) is 6.18. The Balaban J connectivity index is 1.90. The molecule has 1 aliphatic rings. The Morgan fingerprint density at radius 2 is 1.78 bits per heavy atom. The molecule has 0 aliphatic heterocycles. The van der Waals surface area contributed by atoms with E-state index < -0.39 is 36.2 Å². The van der Waals surface area contributed by atoms with Crippen LogP contribution in [0.4, 0.5) is 0 Å². The van der Waals surface area contributed by atoms with Gasteiger partial charge in [-0.25, -0.2) is 0 Å². The summed E-state index contributed by atoms with van der Waals surface area (Å²) < 4.78 is 0. The lowest BCUT2D eigenvalue weighted by atomic mass is 10.1. The first-order valence-corrected chi connectivity index (χ1v) is 8.92. The minimum absolute atomic E-state index is 0.302.